The zero-order valence-corrected chi connectivity index (χ0v) is 8.54. The summed E-state index contributed by atoms with van der Waals surface area (Å²) in [6, 6.07) is 0. The molecular formula is C6H7BrN2OS. The highest BCUT2D eigenvalue weighted by Crippen LogP contribution is 2.25. The molecule has 0 aliphatic rings. The molecule has 0 bridgehead atoms. The first-order valence-corrected chi connectivity index (χ1v) is 4.61. The van der Waals surface area contributed by atoms with Gasteiger partial charge in [0.1, 0.15) is 5.82 Å². The van der Waals surface area contributed by atoms with Gasteiger partial charge >= 0.3 is 0 Å². The Bertz CT molecular complexity index is 284. The maximum absolute atomic E-state index is 10.6. The number of halogens is 1. The lowest BCUT2D eigenvalue weighted by atomic mass is 10.5. The SMILES string of the molecule is CC(=O)Nc1nc(Br)sc1C. The van der Waals surface area contributed by atoms with Crippen molar-refractivity contribution in [2.24, 2.45) is 0 Å². The zero-order chi connectivity index (χ0) is 8.43. The third-order valence-electron chi connectivity index (χ3n) is 1.06. The Morgan fingerprint density at radius 2 is 2.36 bits per heavy atom. The predicted molar refractivity (Wildman–Crippen MR) is 48.9 cm³/mol. The molecule has 1 aromatic rings. The van der Waals surface area contributed by atoms with Crippen LogP contribution in [-0.4, -0.2) is 10.9 Å². The summed E-state index contributed by atoms with van der Waals surface area (Å²) in [6.07, 6.45) is 0. The van der Waals surface area contributed by atoms with Gasteiger partial charge in [-0.2, -0.15) is 0 Å². The van der Waals surface area contributed by atoms with Crippen LogP contribution in [0.15, 0.2) is 3.92 Å². The lowest BCUT2D eigenvalue weighted by molar-refractivity contribution is -0.114. The van der Waals surface area contributed by atoms with E-state index in [-0.39, 0.29) is 5.91 Å². The summed E-state index contributed by atoms with van der Waals surface area (Å²) < 4.78 is 0.791. The van der Waals surface area contributed by atoms with Gasteiger partial charge in [-0.25, -0.2) is 4.98 Å². The lowest BCUT2D eigenvalue weighted by Gasteiger charge is -1.95. The van der Waals surface area contributed by atoms with E-state index in [1.54, 1.807) is 0 Å². The monoisotopic (exact) mass is 234 g/mol. The van der Waals surface area contributed by atoms with Crippen molar-refractivity contribution < 1.29 is 4.79 Å². The van der Waals surface area contributed by atoms with Gasteiger partial charge in [-0.1, -0.05) is 0 Å². The summed E-state index contributed by atoms with van der Waals surface area (Å²) in [4.78, 5) is 15.7. The molecule has 0 saturated carbocycles. The summed E-state index contributed by atoms with van der Waals surface area (Å²) in [5.41, 5.74) is 0. The van der Waals surface area contributed by atoms with Crippen molar-refractivity contribution in [2.45, 2.75) is 13.8 Å². The summed E-state index contributed by atoms with van der Waals surface area (Å²) in [7, 11) is 0. The van der Waals surface area contributed by atoms with Crippen LogP contribution in [0.4, 0.5) is 5.82 Å². The van der Waals surface area contributed by atoms with Gasteiger partial charge in [-0.3, -0.25) is 4.79 Å². The molecule has 1 heterocycles. The molecule has 5 heteroatoms. The van der Waals surface area contributed by atoms with Crippen LogP contribution in [0.3, 0.4) is 0 Å². The number of hydrogen-bond acceptors (Lipinski definition) is 3. The molecule has 0 radical (unpaired) electrons. The maximum Gasteiger partial charge on any atom is 0.222 e. The Morgan fingerprint density at radius 3 is 2.73 bits per heavy atom. The number of nitrogens with one attached hydrogen (secondary N) is 1. The average molecular weight is 235 g/mol. The van der Waals surface area contributed by atoms with E-state index in [2.05, 4.69) is 26.2 Å². The molecule has 0 aliphatic carbocycles. The van der Waals surface area contributed by atoms with E-state index in [0.717, 1.165) is 8.79 Å². The van der Waals surface area contributed by atoms with Crippen LogP contribution in [-0.2, 0) is 4.79 Å². The van der Waals surface area contributed by atoms with Crippen molar-refractivity contribution in [1.29, 1.82) is 0 Å². The average Bonchev–Trinajstić information content (AvgIpc) is 2.09. The van der Waals surface area contributed by atoms with Crippen molar-refractivity contribution in [3.8, 4) is 0 Å². The number of carbonyl (C=O) groups excluding carboxylic acids is 1. The van der Waals surface area contributed by atoms with E-state index in [0.29, 0.717) is 5.82 Å². The second kappa shape index (κ2) is 3.32. The largest absolute Gasteiger partial charge is 0.310 e. The molecule has 0 aromatic carbocycles. The fourth-order valence-electron chi connectivity index (χ4n) is 0.647. The summed E-state index contributed by atoms with van der Waals surface area (Å²) in [5, 5.41) is 2.62. The number of carbonyl (C=O) groups is 1. The Morgan fingerprint density at radius 1 is 1.73 bits per heavy atom. The minimum atomic E-state index is -0.0918. The molecule has 0 unspecified atom stereocenters. The zero-order valence-electron chi connectivity index (χ0n) is 6.14. The number of nitrogens with zero attached hydrogens (tertiary/aromatic N) is 1. The third-order valence-corrected chi connectivity index (χ3v) is 2.49. The van der Waals surface area contributed by atoms with Gasteiger partial charge in [0.05, 0.1) is 0 Å². The highest BCUT2D eigenvalue weighted by Gasteiger charge is 2.05. The minimum Gasteiger partial charge on any atom is -0.310 e. The standard InChI is InChI=1S/C6H7BrN2OS/c1-3-5(8-4(2)10)9-6(7)11-3/h1-2H3,(H,8,10). The van der Waals surface area contributed by atoms with Crippen molar-refractivity contribution in [3.05, 3.63) is 8.79 Å². The fraction of sp³-hybridized carbons (Fsp3) is 0.333. The Hall–Kier alpha value is -0.420. The molecule has 0 fully saturated rings. The second-order valence-electron chi connectivity index (χ2n) is 2.05. The van der Waals surface area contributed by atoms with Gasteiger partial charge in [0.2, 0.25) is 5.91 Å². The van der Waals surface area contributed by atoms with Crippen LogP contribution in [0.5, 0.6) is 0 Å². The molecule has 1 N–H and O–H groups in total. The summed E-state index contributed by atoms with van der Waals surface area (Å²) >= 11 is 4.73. The maximum atomic E-state index is 10.6. The molecule has 11 heavy (non-hydrogen) atoms. The van der Waals surface area contributed by atoms with Crippen LogP contribution in [0.1, 0.15) is 11.8 Å². The summed E-state index contributed by atoms with van der Waals surface area (Å²) in [5.74, 6) is 0.556. The Labute approximate surface area is 77.0 Å². The molecule has 60 valence electrons. The highest BCUT2D eigenvalue weighted by atomic mass is 79.9. The van der Waals surface area contributed by atoms with Gasteiger partial charge in [0, 0.05) is 11.8 Å². The lowest BCUT2D eigenvalue weighted by Crippen LogP contribution is -2.06. The van der Waals surface area contributed by atoms with E-state index < -0.39 is 0 Å². The molecule has 0 spiro atoms. The number of thiazole rings is 1. The van der Waals surface area contributed by atoms with E-state index in [1.165, 1.54) is 18.3 Å². The quantitative estimate of drug-likeness (QED) is 0.810. The molecule has 0 aliphatic heterocycles. The van der Waals surface area contributed by atoms with Gasteiger partial charge in [-0.15, -0.1) is 11.3 Å². The number of aryl methyl sites for hydroxylation is 1. The smallest absolute Gasteiger partial charge is 0.222 e. The van der Waals surface area contributed by atoms with Crippen molar-refractivity contribution in [3.63, 3.8) is 0 Å². The van der Waals surface area contributed by atoms with E-state index in [1.807, 2.05) is 6.92 Å². The van der Waals surface area contributed by atoms with E-state index in [9.17, 15) is 4.79 Å². The summed E-state index contributed by atoms with van der Waals surface area (Å²) in [6.45, 7) is 3.38. The Kier molecular flexibility index (Phi) is 2.62. The first-order valence-electron chi connectivity index (χ1n) is 3.00. The number of hydrogen-bond donors (Lipinski definition) is 1. The van der Waals surface area contributed by atoms with Crippen molar-refractivity contribution in [1.82, 2.24) is 4.98 Å². The number of amides is 1. The van der Waals surface area contributed by atoms with Crippen LogP contribution < -0.4 is 5.32 Å². The van der Waals surface area contributed by atoms with Crippen molar-refractivity contribution >= 4 is 39.0 Å². The fourth-order valence-corrected chi connectivity index (χ4v) is 2.14. The number of rotatable bonds is 1. The van der Waals surface area contributed by atoms with E-state index in [4.69, 9.17) is 0 Å². The number of aromatic nitrogens is 1. The van der Waals surface area contributed by atoms with Gasteiger partial charge in [0.25, 0.3) is 0 Å². The Balaban J connectivity index is 2.85. The minimum absolute atomic E-state index is 0.0918. The molecule has 1 aromatic heterocycles. The van der Waals surface area contributed by atoms with Gasteiger partial charge < -0.3 is 5.32 Å². The molecule has 0 atom stereocenters. The van der Waals surface area contributed by atoms with Crippen molar-refractivity contribution in [2.75, 3.05) is 5.32 Å². The van der Waals surface area contributed by atoms with Crippen LogP contribution in [0, 0.1) is 6.92 Å². The van der Waals surface area contributed by atoms with Crippen LogP contribution >= 0.6 is 27.3 Å². The molecule has 1 amide bonds. The normalized spacial score (nSPS) is 9.73. The highest BCUT2D eigenvalue weighted by molar-refractivity contribution is 9.11. The van der Waals surface area contributed by atoms with Crippen LogP contribution in [0.2, 0.25) is 0 Å². The van der Waals surface area contributed by atoms with Gasteiger partial charge in [-0.05, 0) is 22.9 Å². The molecule has 0 saturated heterocycles. The first-order chi connectivity index (χ1) is 5.09. The van der Waals surface area contributed by atoms with Crippen LogP contribution in [0.25, 0.3) is 0 Å². The first kappa shape index (κ1) is 8.67. The number of anilines is 1. The second-order valence-corrected chi connectivity index (χ2v) is 4.53. The molecular weight excluding hydrogens is 228 g/mol. The van der Waals surface area contributed by atoms with Gasteiger partial charge in [0.15, 0.2) is 3.92 Å². The third kappa shape index (κ3) is 2.27. The van der Waals surface area contributed by atoms with E-state index >= 15 is 0 Å². The topological polar surface area (TPSA) is 42.0 Å². The predicted octanol–water partition coefficient (Wildman–Crippen LogP) is 2.17. The molecule has 3 nitrogen and oxygen atoms in total. The molecule has 1 rings (SSSR count).